The molecule has 1 atom stereocenters. The van der Waals surface area contributed by atoms with Gasteiger partial charge in [0.15, 0.2) is 0 Å². The quantitative estimate of drug-likeness (QED) is 0.589. The Bertz CT molecular complexity index is 245. The first-order chi connectivity index (χ1) is 7.00. The van der Waals surface area contributed by atoms with Gasteiger partial charge in [-0.15, -0.1) is 0 Å². The minimum absolute atomic E-state index is 0.0200. The molecule has 2 amide bonds. The molecule has 15 heavy (non-hydrogen) atoms. The third-order valence-corrected chi connectivity index (χ3v) is 2.89. The number of hydrogen-bond donors (Lipinski definition) is 3. The SMILES string of the molecule is C[C@@H](N)C(=O)N[C@H]1CC[C@H](C(N)=O)CC1. The monoisotopic (exact) mass is 213 g/mol. The molecule has 5 heteroatoms. The van der Waals surface area contributed by atoms with Gasteiger partial charge < -0.3 is 16.8 Å². The number of primary amides is 1. The molecule has 1 rings (SSSR count). The molecule has 1 saturated carbocycles. The van der Waals surface area contributed by atoms with Crippen LogP contribution in [-0.2, 0) is 9.59 Å². The molecule has 0 aromatic heterocycles. The topological polar surface area (TPSA) is 98.2 Å². The van der Waals surface area contributed by atoms with Crippen LogP contribution in [0.4, 0.5) is 0 Å². The van der Waals surface area contributed by atoms with Crippen LogP contribution in [0.5, 0.6) is 0 Å². The second-order valence-corrected chi connectivity index (χ2v) is 4.25. The van der Waals surface area contributed by atoms with E-state index in [-0.39, 0.29) is 23.8 Å². The van der Waals surface area contributed by atoms with Crippen molar-refractivity contribution in [2.24, 2.45) is 17.4 Å². The summed E-state index contributed by atoms with van der Waals surface area (Å²) < 4.78 is 0. The van der Waals surface area contributed by atoms with Crippen molar-refractivity contribution < 1.29 is 9.59 Å². The molecule has 0 bridgehead atoms. The lowest BCUT2D eigenvalue weighted by atomic mass is 9.85. The van der Waals surface area contributed by atoms with Crippen LogP contribution in [0.1, 0.15) is 32.6 Å². The molecule has 1 aliphatic rings. The summed E-state index contributed by atoms with van der Waals surface area (Å²) >= 11 is 0. The second-order valence-electron chi connectivity index (χ2n) is 4.25. The molecule has 0 aromatic carbocycles. The van der Waals surface area contributed by atoms with E-state index in [4.69, 9.17) is 11.5 Å². The Kier molecular flexibility index (Phi) is 4.08. The molecule has 0 radical (unpaired) electrons. The third kappa shape index (κ3) is 3.51. The fourth-order valence-corrected chi connectivity index (χ4v) is 1.85. The summed E-state index contributed by atoms with van der Waals surface area (Å²) in [4.78, 5) is 22.2. The Morgan fingerprint density at radius 3 is 2.20 bits per heavy atom. The number of carbonyl (C=O) groups is 2. The van der Waals surface area contributed by atoms with E-state index in [2.05, 4.69) is 5.32 Å². The molecular formula is C10H19N3O2. The zero-order chi connectivity index (χ0) is 11.4. The summed E-state index contributed by atoms with van der Waals surface area (Å²) in [6.07, 6.45) is 3.15. The van der Waals surface area contributed by atoms with E-state index < -0.39 is 6.04 Å². The van der Waals surface area contributed by atoms with Gasteiger partial charge in [0.1, 0.15) is 0 Å². The van der Waals surface area contributed by atoms with Crippen LogP contribution in [0.3, 0.4) is 0 Å². The van der Waals surface area contributed by atoms with Gasteiger partial charge in [-0.25, -0.2) is 0 Å². The van der Waals surface area contributed by atoms with Crippen molar-refractivity contribution in [2.75, 3.05) is 0 Å². The maximum atomic E-state index is 11.3. The molecule has 1 fully saturated rings. The summed E-state index contributed by atoms with van der Waals surface area (Å²) in [6, 6.07) is -0.321. The van der Waals surface area contributed by atoms with Crippen LogP contribution >= 0.6 is 0 Å². The standard InChI is InChI=1S/C10H19N3O2/c1-6(11)10(15)13-8-4-2-7(3-5-8)9(12)14/h6-8H,2-5,11H2,1H3,(H2,12,14)(H,13,15)/t6-,7-,8-/m1/s1. The van der Waals surface area contributed by atoms with Crippen molar-refractivity contribution >= 4 is 11.8 Å². The average Bonchev–Trinajstić information content (AvgIpc) is 2.18. The average molecular weight is 213 g/mol. The van der Waals surface area contributed by atoms with Crippen LogP contribution in [0.25, 0.3) is 0 Å². The first-order valence-corrected chi connectivity index (χ1v) is 5.36. The summed E-state index contributed by atoms with van der Waals surface area (Å²) in [5.41, 5.74) is 10.7. The predicted molar refractivity (Wildman–Crippen MR) is 56.7 cm³/mol. The largest absolute Gasteiger partial charge is 0.369 e. The van der Waals surface area contributed by atoms with Crippen LogP contribution in [-0.4, -0.2) is 23.9 Å². The zero-order valence-electron chi connectivity index (χ0n) is 9.03. The molecule has 0 saturated heterocycles. The summed E-state index contributed by atoms with van der Waals surface area (Å²) in [5.74, 6) is -0.377. The van der Waals surface area contributed by atoms with Crippen LogP contribution in [0.15, 0.2) is 0 Å². The molecule has 5 nitrogen and oxygen atoms in total. The first-order valence-electron chi connectivity index (χ1n) is 5.36. The smallest absolute Gasteiger partial charge is 0.236 e. The minimum atomic E-state index is -0.473. The molecule has 1 aliphatic carbocycles. The van der Waals surface area contributed by atoms with Crippen LogP contribution < -0.4 is 16.8 Å². The maximum absolute atomic E-state index is 11.3. The Morgan fingerprint density at radius 2 is 1.80 bits per heavy atom. The van der Waals surface area contributed by atoms with Crippen molar-refractivity contribution in [2.45, 2.75) is 44.7 Å². The van der Waals surface area contributed by atoms with E-state index >= 15 is 0 Å². The number of carbonyl (C=O) groups excluding carboxylic acids is 2. The van der Waals surface area contributed by atoms with Gasteiger partial charge in [0.05, 0.1) is 6.04 Å². The van der Waals surface area contributed by atoms with Gasteiger partial charge in [0.2, 0.25) is 11.8 Å². The van der Waals surface area contributed by atoms with Crippen molar-refractivity contribution in [3.05, 3.63) is 0 Å². The molecule has 0 aromatic rings. The van der Waals surface area contributed by atoms with Gasteiger partial charge in [-0.2, -0.15) is 0 Å². The fraction of sp³-hybridized carbons (Fsp3) is 0.800. The molecule has 5 N–H and O–H groups in total. The number of nitrogens with two attached hydrogens (primary N) is 2. The summed E-state index contributed by atoms with van der Waals surface area (Å²) in [7, 11) is 0. The fourth-order valence-electron chi connectivity index (χ4n) is 1.85. The number of rotatable bonds is 3. The normalized spacial score (nSPS) is 28.1. The van der Waals surface area contributed by atoms with Gasteiger partial charge in [0.25, 0.3) is 0 Å². The van der Waals surface area contributed by atoms with Crippen molar-refractivity contribution in [3.63, 3.8) is 0 Å². The highest BCUT2D eigenvalue weighted by Crippen LogP contribution is 2.23. The summed E-state index contributed by atoms with van der Waals surface area (Å²) in [5, 5.41) is 2.86. The van der Waals surface area contributed by atoms with E-state index in [1.807, 2.05) is 0 Å². The van der Waals surface area contributed by atoms with Gasteiger partial charge in [-0.3, -0.25) is 9.59 Å². The lowest BCUT2D eigenvalue weighted by molar-refractivity contribution is -0.123. The van der Waals surface area contributed by atoms with Crippen molar-refractivity contribution in [3.8, 4) is 0 Å². The van der Waals surface area contributed by atoms with Gasteiger partial charge >= 0.3 is 0 Å². The second kappa shape index (κ2) is 5.11. The molecule has 0 aliphatic heterocycles. The lowest BCUT2D eigenvalue weighted by Crippen LogP contribution is -2.45. The lowest BCUT2D eigenvalue weighted by Gasteiger charge is -2.27. The molecule has 0 unspecified atom stereocenters. The van der Waals surface area contributed by atoms with Crippen molar-refractivity contribution in [1.29, 1.82) is 0 Å². The summed E-state index contributed by atoms with van der Waals surface area (Å²) in [6.45, 7) is 1.66. The van der Waals surface area contributed by atoms with Crippen LogP contribution in [0.2, 0.25) is 0 Å². The van der Waals surface area contributed by atoms with Gasteiger partial charge in [0, 0.05) is 12.0 Å². The van der Waals surface area contributed by atoms with Gasteiger partial charge in [-0.05, 0) is 32.6 Å². The first kappa shape index (κ1) is 12.0. The van der Waals surface area contributed by atoms with Crippen molar-refractivity contribution in [1.82, 2.24) is 5.32 Å². The Balaban J connectivity index is 2.32. The number of amides is 2. The third-order valence-electron chi connectivity index (χ3n) is 2.89. The van der Waals surface area contributed by atoms with Gasteiger partial charge in [-0.1, -0.05) is 0 Å². The van der Waals surface area contributed by atoms with E-state index in [1.54, 1.807) is 6.92 Å². The van der Waals surface area contributed by atoms with E-state index in [9.17, 15) is 9.59 Å². The Hall–Kier alpha value is -1.10. The maximum Gasteiger partial charge on any atom is 0.236 e. The highest BCUT2D eigenvalue weighted by molar-refractivity contribution is 5.81. The number of nitrogens with one attached hydrogen (secondary N) is 1. The molecule has 0 spiro atoms. The predicted octanol–water partition coefficient (Wildman–Crippen LogP) is -0.506. The number of hydrogen-bond acceptors (Lipinski definition) is 3. The molecular weight excluding hydrogens is 194 g/mol. The van der Waals surface area contributed by atoms with E-state index in [1.165, 1.54) is 0 Å². The highest BCUT2D eigenvalue weighted by atomic mass is 16.2. The zero-order valence-corrected chi connectivity index (χ0v) is 9.03. The Labute approximate surface area is 89.6 Å². The molecule has 86 valence electrons. The minimum Gasteiger partial charge on any atom is -0.369 e. The molecule has 0 heterocycles. The van der Waals surface area contributed by atoms with E-state index in [0.717, 1.165) is 25.7 Å². The Morgan fingerprint density at radius 1 is 1.27 bits per heavy atom. The highest BCUT2D eigenvalue weighted by Gasteiger charge is 2.25. The van der Waals surface area contributed by atoms with Crippen LogP contribution in [0, 0.1) is 5.92 Å². The van der Waals surface area contributed by atoms with E-state index in [0.29, 0.717) is 0 Å².